The van der Waals surface area contributed by atoms with Crippen LogP contribution in [0.3, 0.4) is 0 Å². The minimum absolute atomic E-state index is 0.764. The quantitative estimate of drug-likeness (QED) is 0.661. The zero-order chi connectivity index (χ0) is 16.9. The van der Waals surface area contributed by atoms with Gasteiger partial charge >= 0.3 is 0 Å². The molecule has 126 valence electrons. The fourth-order valence-electron chi connectivity index (χ4n) is 2.68. The van der Waals surface area contributed by atoms with E-state index in [1.807, 2.05) is 6.07 Å². The van der Waals surface area contributed by atoms with Gasteiger partial charge in [-0.2, -0.15) is 0 Å². The van der Waals surface area contributed by atoms with Crippen LogP contribution in [0, 0.1) is 6.92 Å². The molecule has 0 aliphatic rings. The molecule has 3 aromatic rings. The summed E-state index contributed by atoms with van der Waals surface area (Å²) >= 11 is 1.74. The molecule has 24 heavy (non-hydrogen) atoms. The first kappa shape index (κ1) is 16.9. The first-order valence-electron chi connectivity index (χ1n) is 8.31. The van der Waals surface area contributed by atoms with Crippen LogP contribution < -0.4 is 5.32 Å². The summed E-state index contributed by atoms with van der Waals surface area (Å²) in [6.45, 7) is 4.11. The summed E-state index contributed by atoms with van der Waals surface area (Å²) in [4.78, 5) is 14.1. The second-order valence-electron chi connectivity index (χ2n) is 6.31. The van der Waals surface area contributed by atoms with E-state index < -0.39 is 0 Å². The second-order valence-corrected chi connectivity index (χ2v) is 7.55. The molecule has 0 unspecified atom stereocenters. The van der Waals surface area contributed by atoms with E-state index in [9.17, 15) is 0 Å². The molecule has 0 aliphatic heterocycles. The van der Waals surface area contributed by atoms with Gasteiger partial charge in [-0.25, -0.2) is 9.97 Å². The van der Waals surface area contributed by atoms with E-state index in [0.717, 1.165) is 47.8 Å². The van der Waals surface area contributed by atoms with Gasteiger partial charge < -0.3 is 10.2 Å². The minimum atomic E-state index is 0.764. The van der Waals surface area contributed by atoms with Crippen molar-refractivity contribution in [3.05, 3.63) is 52.7 Å². The van der Waals surface area contributed by atoms with Crippen molar-refractivity contribution in [3.63, 3.8) is 0 Å². The van der Waals surface area contributed by atoms with Crippen molar-refractivity contribution in [1.29, 1.82) is 0 Å². The Labute approximate surface area is 147 Å². The van der Waals surface area contributed by atoms with Gasteiger partial charge in [0.1, 0.15) is 16.5 Å². The summed E-state index contributed by atoms with van der Waals surface area (Å²) in [5.74, 6) is 1.85. The molecule has 0 fully saturated rings. The van der Waals surface area contributed by atoms with Crippen molar-refractivity contribution in [2.75, 3.05) is 32.5 Å². The maximum atomic E-state index is 4.80. The van der Waals surface area contributed by atoms with E-state index in [2.05, 4.69) is 61.6 Å². The van der Waals surface area contributed by atoms with Crippen molar-refractivity contribution in [1.82, 2.24) is 14.9 Å². The Morgan fingerprint density at radius 2 is 1.92 bits per heavy atom. The number of nitrogens with zero attached hydrogens (tertiary/aromatic N) is 3. The largest absolute Gasteiger partial charge is 0.369 e. The first-order valence-corrected chi connectivity index (χ1v) is 9.13. The summed E-state index contributed by atoms with van der Waals surface area (Å²) in [6.07, 6.45) is 1.86. The van der Waals surface area contributed by atoms with Crippen LogP contribution in [0.5, 0.6) is 0 Å². The van der Waals surface area contributed by atoms with Crippen LogP contribution in [-0.2, 0) is 6.42 Å². The number of rotatable bonds is 7. The second kappa shape index (κ2) is 7.73. The van der Waals surface area contributed by atoms with Crippen molar-refractivity contribution >= 4 is 27.4 Å². The lowest BCUT2D eigenvalue weighted by Gasteiger charge is -2.11. The van der Waals surface area contributed by atoms with E-state index in [1.54, 1.807) is 11.3 Å². The highest BCUT2D eigenvalue weighted by atomic mass is 32.1. The Morgan fingerprint density at radius 3 is 2.67 bits per heavy atom. The van der Waals surface area contributed by atoms with Crippen LogP contribution in [0.4, 0.5) is 5.82 Å². The van der Waals surface area contributed by atoms with Crippen molar-refractivity contribution in [3.8, 4) is 0 Å². The van der Waals surface area contributed by atoms with Crippen LogP contribution in [0.1, 0.15) is 22.7 Å². The van der Waals surface area contributed by atoms with Gasteiger partial charge in [0, 0.05) is 17.8 Å². The summed E-state index contributed by atoms with van der Waals surface area (Å²) in [5.41, 5.74) is 1.24. The van der Waals surface area contributed by atoms with Crippen molar-refractivity contribution in [2.24, 2.45) is 0 Å². The molecule has 0 bridgehead atoms. The lowest BCUT2D eigenvalue weighted by atomic mass is 10.1. The average Bonchev–Trinajstić information content (AvgIpc) is 2.92. The average molecular weight is 340 g/mol. The number of nitrogens with one attached hydrogen (secondary N) is 1. The lowest BCUT2D eigenvalue weighted by Crippen LogP contribution is -2.17. The molecule has 0 saturated carbocycles. The zero-order valence-corrected chi connectivity index (χ0v) is 15.4. The number of aryl methyl sites for hydroxylation is 1. The Hall–Kier alpha value is -1.98. The van der Waals surface area contributed by atoms with Gasteiger partial charge in [-0.3, -0.25) is 0 Å². The van der Waals surface area contributed by atoms with Crippen LogP contribution >= 0.6 is 11.3 Å². The minimum Gasteiger partial charge on any atom is -0.369 e. The Morgan fingerprint density at radius 1 is 1.12 bits per heavy atom. The number of hydrogen-bond acceptors (Lipinski definition) is 5. The fraction of sp³-hybridized carbons (Fsp3) is 0.368. The highest BCUT2D eigenvalue weighted by molar-refractivity contribution is 7.18. The maximum Gasteiger partial charge on any atom is 0.138 e. The zero-order valence-electron chi connectivity index (χ0n) is 14.5. The normalized spacial score (nSPS) is 11.3. The molecule has 2 aromatic heterocycles. The van der Waals surface area contributed by atoms with Gasteiger partial charge in [0.2, 0.25) is 0 Å². The van der Waals surface area contributed by atoms with Gasteiger partial charge in [0.05, 0.1) is 5.39 Å². The molecule has 4 nitrogen and oxygen atoms in total. The molecule has 3 rings (SSSR count). The maximum absolute atomic E-state index is 4.80. The van der Waals surface area contributed by atoms with Gasteiger partial charge in [-0.05, 0) is 45.6 Å². The van der Waals surface area contributed by atoms with Crippen LogP contribution in [-0.4, -0.2) is 42.1 Å². The van der Waals surface area contributed by atoms with E-state index in [1.165, 1.54) is 10.4 Å². The third-order valence-corrected chi connectivity index (χ3v) is 4.79. The number of thiophene rings is 1. The number of aromatic nitrogens is 2. The SMILES string of the molecule is Cc1cc2c(NCCCN(C)C)nc(Cc3ccccc3)nc2s1. The van der Waals surface area contributed by atoms with Gasteiger partial charge in [-0.15, -0.1) is 11.3 Å². The van der Waals surface area contributed by atoms with E-state index in [4.69, 9.17) is 9.97 Å². The molecule has 0 spiro atoms. The highest BCUT2D eigenvalue weighted by Gasteiger charge is 2.11. The molecule has 0 atom stereocenters. The summed E-state index contributed by atoms with van der Waals surface area (Å²) in [5, 5.41) is 4.65. The van der Waals surface area contributed by atoms with Crippen LogP contribution in [0.25, 0.3) is 10.2 Å². The third kappa shape index (κ3) is 4.30. The number of anilines is 1. The fourth-order valence-corrected chi connectivity index (χ4v) is 3.58. The molecule has 0 amide bonds. The van der Waals surface area contributed by atoms with E-state index in [-0.39, 0.29) is 0 Å². The van der Waals surface area contributed by atoms with Crippen molar-refractivity contribution in [2.45, 2.75) is 19.8 Å². The predicted octanol–water partition coefficient (Wildman–Crippen LogP) is 3.95. The lowest BCUT2D eigenvalue weighted by molar-refractivity contribution is 0.405. The predicted molar refractivity (Wildman–Crippen MR) is 103 cm³/mol. The Balaban J connectivity index is 1.82. The van der Waals surface area contributed by atoms with Gasteiger partial charge in [0.25, 0.3) is 0 Å². The van der Waals surface area contributed by atoms with Crippen molar-refractivity contribution < 1.29 is 0 Å². The highest BCUT2D eigenvalue weighted by Crippen LogP contribution is 2.29. The molecule has 0 radical (unpaired) electrons. The standard InChI is InChI=1S/C19H24N4S/c1-14-12-16-18(20-10-7-11-23(2)3)21-17(22-19(16)24-14)13-15-8-5-4-6-9-15/h4-6,8-9,12H,7,10-11,13H2,1-3H3,(H,20,21,22). The number of benzene rings is 1. The van der Waals surface area contributed by atoms with Crippen LogP contribution in [0.15, 0.2) is 36.4 Å². The van der Waals surface area contributed by atoms with E-state index in [0.29, 0.717) is 0 Å². The molecule has 2 heterocycles. The Kier molecular flexibility index (Phi) is 5.43. The van der Waals surface area contributed by atoms with Gasteiger partial charge in [0.15, 0.2) is 0 Å². The molecule has 1 N–H and O–H groups in total. The molecule has 1 aromatic carbocycles. The topological polar surface area (TPSA) is 41.0 Å². The summed E-state index contributed by atoms with van der Waals surface area (Å²) < 4.78 is 0. The smallest absolute Gasteiger partial charge is 0.138 e. The van der Waals surface area contributed by atoms with E-state index >= 15 is 0 Å². The van der Waals surface area contributed by atoms with Crippen LogP contribution in [0.2, 0.25) is 0 Å². The molecular weight excluding hydrogens is 316 g/mol. The molecule has 0 aliphatic carbocycles. The molecule has 0 saturated heterocycles. The number of fused-ring (bicyclic) bond motifs is 1. The van der Waals surface area contributed by atoms with Gasteiger partial charge in [-0.1, -0.05) is 30.3 Å². The summed E-state index contributed by atoms with van der Waals surface area (Å²) in [7, 11) is 4.20. The first-order chi connectivity index (χ1) is 11.6. The number of hydrogen-bond donors (Lipinski definition) is 1. The monoisotopic (exact) mass is 340 g/mol. The Bertz CT molecular complexity index is 796. The molecule has 5 heteroatoms. The summed E-state index contributed by atoms with van der Waals surface area (Å²) in [6, 6.07) is 12.6. The molecular formula is C19H24N4S. The third-order valence-electron chi connectivity index (χ3n) is 3.84.